The molecule has 3 N–H and O–H groups in total. The van der Waals surface area contributed by atoms with Gasteiger partial charge in [-0.05, 0) is 62.6 Å². The molecule has 0 saturated carbocycles. The van der Waals surface area contributed by atoms with Crippen molar-refractivity contribution in [1.29, 1.82) is 0 Å². The van der Waals surface area contributed by atoms with Crippen molar-refractivity contribution in [3.05, 3.63) is 71.8 Å². The van der Waals surface area contributed by atoms with Crippen LogP contribution in [0.2, 0.25) is 0 Å². The summed E-state index contributed by atoms with van der Waals surface area (Å²) < 4.78 is 0. The van der Waals surface area contributed by atoms with E-state index in [9.17, 15) is 4.79 Å². The molecule has 0 radical (unpaired) electrons. The molecule has 5 rings (SSSR count). The highest BCUT2D eigenvalue weighted by atomic mass is 16.2. The first-order valence-corrected chi connectivity index (χ1v) is 13.2. The smallest absolute Gasteiger partial charge is 0.240 e. The third-order valence-electron chi connectivity index (χ3n) is 8.34. The molecular formula is C29H40N4O. The van der Waals surface area contributed by atoms with Gasteiger partial charge >= 0.3 is 0 Å². The van der Waals surface area contributed by atoms with Crippen LogP contribution in [0.4, 0.5) is 0 Å². The fourth-order valence-corrected chi connectivity index (χ4v) is 6.40. The summed E-state index contributed by atoms with van der Waals surface area (Å²) in [6, 6.07) is 22.1. The van der Waals surface area contributed by atoms with Crippen LogP contribution < -0.4 is 11.1 Å². The van der Waals surface area contributed by atoms with Gasteiger partial charge in [-0.25, -0.2) is 0 Å². The van der Waals surface area contributed by atoms with E-state index in [1.807, 2.05) is 6.92 Å². The Hall–Kier alpha value is -2.21. The quantitative estimate of drug-likeness (QED) is 0.690. The second-order valence-corrected chi connectivity index (χ2v) is 10.8. The molecule has 3 aliphatic rings. The Balaban J connectivity index is 1.29. The van der Waals surface area contributed by atoms with Gasteiger partial charge in [-0.3, -0.25) is 4.79 Å². The molecule has 5 heteroatoms. The summed E-state index contributed by atoms with van der Waals surface area (Å²) in [7, 11) is 0. The fraction of sp³-hybridized carbons (Fsp3) is 0.552. The lowest BCUT2D eigenvalue weighted by molar-refractivity contribution is -0.135. The van der Waals surface area contributed by atoms with Crippen LogP contribution >= 0.6 is 0 Å². The number of piperidine rings is 1. The van der Waals surface area contributed by atoms with Crippen LogP contribution in [0.25, 0.3) is 0 Å². The topological polar surface area (TPSA) is 61.6 Å². The van der Waals surface area contributed by atoms with Gasteiger partial charge < -0.3 is 20.9 Å². The van der Waals surface area contributed by atoms with E-state index in [1.165, 1.54) is 17.5 Å². The minimum atomic E-state index is -0.0996. The van der Waals surface area contributed by atoms with Gasteiger partial charge in [0.25, 0.3) is 0 Å². The van der Waals surface area contributed by atoms with Crippen LogP contribution in [0.15, 0.2) is 60.7 Å². The summed E-state index contributed by atoms with van der Waals surface area (Å²) >= 11 is 0. The van der Waals surface area contributed by atoms with Gasteiger partial charge in [-0.2, -0.15) is 0 Å². The molecule has 0 bridgehead atoms. The number of nitrogens with zero attached hydrogens (tertiary/aromatic N) is 2. The van der Waals surface area contributed by atoms with Crippen LogP contribution in [-0.2, 0) is 4.79 Å². The summed E-state index contributed by atoms with van der Waals surface area (Å²) in [4.78, 5) is 18.6. The lowest BCUT2D eigenvalue weighted by Gasteiger charge is -2.37. The maximum atomic E-state index is 13.8. The van der Waals surface area contributed by atoms with E-state index in [2.05, 4.69) is 75.8 Å². The number of likely N-dealkylation sites (tertiary alicyclic amines) is 2. The first kappa shape index (κ1) is 23.5. The molecule has 34 heavy (non-hydrogen) atoms. The highest BCUT2D eigenvalue weighted by Gasteiger charge is 2.41. The molecule has 0 aromatic heterocycles. The van der Waals surface area contributed by atoms with E-state index < -0.39 is 0 Å². The molecule has 6 atom stereocenters. The van der Waals surface area contributed by atoms with Crippen molar-refractivity contribution in [2.24, 2.45) is 5.73 Å². The predicted molar refractivity (Wildman–Crippen MR) is 138 cm³/mol. The van der Waals surface area contributed by atoms with Crippen molar-refractivity contribution in [2.45, 2.75) is 75.0 Å². The van der Waals surface area contributed by atoms with Crippen molar-refractivity contribution in [3.8, 4) is 0 Å². The zero-order valence-corrected chi connectivity index (χ0v) is 20.5. The number of nitrogens with two attached hydrogens (primary N) is 1. The van der Waals surface area contributed by atoms with E-state index in [1.54, 1.807) is 0 Å². The van der Waals surface area contributed by atoms with Gasteiger partial charge in [0, 0.05) is 43.7 Å². The van der Waals surface area contributed by atoms with E-state index in [4.69, 9.17) is 5.73 Å². The van der Waals surface area contributed by atoms with Crippen molar-refractivity contribution in [3.63, 3.8) is 0 Å². The van der Waals surface area contributed by atoms with Crippen molar-refractivity contribution < 1.29 is 4.79 Å². The number of rotatable bonds is 6. The van der Waals surface area contributed by atoms with Gasteiger partial charge in [0.2, 0.25) is 5.91 Å². The lowest BCUT2D eigenvalue weighted by atomic mass is 9.94. The average molecular weight is 461 g/mol. The molecule has 0 aliphatic carbocycles. The summed E-state index contributed by atoms with van der Waals surface area (Å²) in [5.74, 6) is 1.30. The first-order valence-electron chi connectivity index (χ1n) is 13.2. The number of benzene rings is 2. The van der Waals surface area contributed by atoms with Crippen molar-refractivity contribution in [1.82, 2.24) is 15.1 Å². The second-order valence-electron chi connectivity index (χ2n) is 10.8. The van der Waals surface area contributed by atoms with Crippen LogP contribution in [-0.4, -0.2) is 66.1 Å². The van der Waals surface area contributed by atoms with Gasteiger partial charge in [-0.1, -0.05) is 60.7 Å². The number of carbonyl (C=O) groups excluding carboxylic acids is 1. The molecule has 3 heterocycles. The third kappa shape index (κ3) is 5.22. The van der Waals surface area contributed by atoms with Crippen LogP contribution in [0, 0.1) is 0 Å². The van der Waals surface area contributed by atoms with Crippen LogP contribution in [0.5, 0.6) is 0 Å². The van der Waals surface area contributed by atoms with Crippen LogP contribution in [0.1, 0.15) is 62.0 Å². The minimum absolute atomic E-state index is 0.0709. The highest BCUT2D eigenvalue weighted by molar-refractivity contribution is 5.83. The standard InChI is InChI=1S/C29H40N4O/c1-21(30)27-13-8-14-28(31-27)29(34)33-19-25(23-11-6-3-7-12-23)17-26(33)20-32-16-15-24(18-32)22-9-4-2-5-10-22/h2-7,9-12,21,24-28,31H,8,13-20,30H2,1H3/t21?,24?,25-,26-,27?,28?/m0/s1. The highest BCUT2D eigenvalue weighted by Crippen LogP contribution is 2.35. The lowest BCUT2D eigenvalue weighted by Crippen LogP contribution is -2.57. The Morgan fingerprint density at radius 3 is 2.32 bits per heavy atom. The van der Waals surface area contributed by atoms with Gasteiger partial charge in [0.1, 0.15) is 0 Å². The fourth-order valence-electron chi connectivity index (χ4n) is 6.40. The Kier molecular flexibility index (Phi) is 7.33. The molecule has 182 valence electrons. The van der Waals surface area contributed by atoms with Crippen LogP contribution in [0.3, 0.4) is 0 Å². The number of amides is 1. The average Bonchev–Trinajstić information content (AvgIpc) is 3.52. The molecule has 1 amide bonds. The predicted octanol–water partition coefficient (Wildman–Crippen LogP) is 3.72. The third-order valence-corrected chi connectivity index (χ3v) is 8.34. The molecule has 3 saturated heterocycles. The normalized spacial score (nSPS) is 31.0. The van der Waals surface area contributed by atoms with E-state index in [0.29, 0.717) is 11.8 Å². The Morgan fingerprint density at radius 2 is 1.65 bits per heavy atom. The SMILES string of the molecule is CC(N)C1CCCC(C(=O)N2C[C@@H](c3ccccc3)C[C@H]2CN2CCC(c3ccccc3)C2)N1. The summed E-state index contributed by atoms with van der Waals surface area (Å²) in [6.07, 6.45) is 5.30. The molecule has 2 aromatic rings. The Labute approximate surface area is 204 Å². The van der Waals surface area contributed by atoms with Gasteiger partial charge in [0.05, 0.1) is 6.04 Å². The first-order chi connectivity index (χ1) is 16.6. The van der Waals surface area contributed by atoms with Crippen molar-refractivity contribution in [2.75, 3.05) is 26.2 Å². The summed E-state index contributed by atoms with van der Waals surface area (Å²) in [6.45, 7) is 6.05. The Morgan fingerprint density at radius 1 is 0.971 bits per heavy atom. The molecule has 3 fully saturated rings. The maximum Gasteiger partial charge on any atom is 0.240 e. The molecular weight excluding hydrogens is 420 g/mol. The molecule has 5 nitrogen and oxygen atoms in total. The summed E-state index contributed by atoms with van der Waals surface area (Å²) in [5, 5.41) is 3.60. The van der Waals surface area contributed by atoms with E-state index in [0.717, 1.165) is 51.9 Å². The second kappa shape index (κ2) is 10.6. The van der Waals surface area contributed by atoms with Gasteiger partial charge in [-0.15, -0.1) is 0 Å². The molecule has 2 aromatic carbocycles. The monoisotopic (exact) mass is 460 g/mol. The van der Waals surface area contributed by atoms with Gasteiger partial charge in [0.15, 0.2) is 0 Å². The number of nitrogens with one attached hydrogen (secondary N) is 1. The van der Waals surface area contributed by atoms with Crippen molar-refractivity contribution >= 4 is 5.91 Å². The number of hydrogen-bond acceptors (Lipinski definition) is 4. The zero-order valence-electron chi connectivity index (χ0n) is 20.5. The Bertz CT molecular complexity index is 934. The minimum Gasteiger partial charge on any atom is -0.336 e. The zero-order chi connectivity index (χ0) is 23.5. The molecule has 3 aliphatic heterocycles. The van der Waals surface area contributed by atoms with E-state index in [-0.39, 0.29) is 30.1 Å². The number of carbonyl (C=O) groups is 1. The maximum absolute atomic E-state index is 13.8. The molecule has 0 spiro atoms. The van der Waals surface area contributed by atoms with E-state index >= 15 is 0 Å². The largest absolute Gasteiger partial charge is 0.336 e. The molecule has 4 unspecified atom stereocenters. The number of hydrogen-bond donors (Lipinski definition) is 2. The summed E-state index contributed by atoms with van der Waals surface area (Å²) in [5.41, 5.74) is 8.99.